The minimum Gasteiger partial charge on any atom is -0.463 e. The Morgan fingerprint density at radius 1 is 0.818 bits per heavy atom. The molecule has 1 aromatic rings. The second kappa shape index (κ2) is 15.5. The summed E-state index contributed by atoms with van der Waals surface area (Å²) in [7, 11) is 0. The Kier molecular flexibility index (Phi) is 13.4. The molecule has 0 saturated heterocycles. The Bertz CT molecular complexity index is 741. The molecule has 0 saturated carbocycles. The first-order valence-electron chi connectivity index (χ1n) is 12.4. The molecule has 1 aromatic carbocycles. The van der Waals surface area contributed by atoms with Crippen molar-refractivity contribution in [2.45, 2.75) is 104 Å². The number of carbonyl (C=O) groups excluding carboxylic acids is 3. The molecule has 0 radical (unpaired) electrons. The lowest BCUT2D eigenvalue weighted by Crippen LogP contribution is -2.55. The van der Waals surface area contributed by atoms with Crippen LogP contribution >= 0.6 is 0 Å². The second-order valence-corrected chi connectivity index (χ2v) is 9.00. The van der Waals surface area contributed by atoms with Crippen LogP contribution in [0.25, 0.3) is 0 Å². The Balaban J connectivity index is 2.89. The summed E-state index contributed by atoms with van der Waals surface area (Å²) in [4.78, 5) is 34.8. The lowest BCUT2D eigenvalue weighted by atomic mass is 9.89. The summed E-state index contributed by atoms with van der Waals surface area (Å²) in [5, 5.41) is 2.88. The minimum atomic E-state index is -0.967. The SMILES string of the molecule is CCCCCCCCc1ccc(CCC(COC(C)=O)(COC(C)=O)NC(C)=O)c(CC)c1. The molecule has 1 N–H and O–H groups in total. The maximum atomic E-state index is 11.9. The lowest BCUT2D eigenvalue weighted by Gasteiger charge is -2.33. The summed E-state index contributed by atoms with van der Waals surface area (Å²) in [6, 6.07) is 6.65. The van der Waals surface area contributed by atoms with Gasteiger partial charge in [0, 0.05) is 20.8 Å². The predicted molar refractivity (Wildman–Crippen MR) is 131 cm³/mol. The zero-order valence-electron chi connectivity index (χ0n) is 21.3. The van der Waals surface area contributed by atoms with Crippen molar-refractivity contribution in [3.05, 3.63) is 34.9 Å². The highest BCUT2D eigenvalue weighted by Crippen LogP contribution is 2.22. The van der Waals surface area contributed by atoms with Crippen molar-refractivity contribution in [1.29, 1.82) is 0 Å². The number of hydrogen-bond acceptors (Lipinski definition) is 5. The molecule has 1 rings (SSSR count). The fourth-order valence-corrected chi connectivity index (χ4v) is 4.06. The van der Waals surface area contributed by atoms with Gasteiger partial charge in [-0.2, -0.15) is 0 Å². The van der Waals surface area contributed by atoms with E-state index in [-0.39, 0.29) is 19.1 Å². The molecule has 6 heteroatoms. The van der Waals surface area contributed by atoms with E-state index in [1.54, 1.807) is 0 Å². The zero-order valence-corrected chi connectivity index (χ0v) is 21.3. The van der Waals surface area contributed by atoms with Crippen molar-refractivity contribution in [1.82, 2.24) is 5.32 Å². The quantitative estimate of drug-likeness (QED) is 0.274. The maximum Gasteiger partial charge on any atom is 0.302 e. The van der Waals surface area contributed by atoms with Crippen molar-refractivity contribution in [2.24, 2.45) is 0 Å². The monoisotopic (exact) mass is 461 g/mol. The van der Waals surface area contributed by atoms with Gasteiger partial charge in [-0.05, 0) is 48.8 Å². The third kappa shape index (κ3) is 11.9. The molecule has 0 aromatic heterocycles. The fourth-order valence-electron chi connectivity index (χ4n) is 4.06. The number of amides is 1. The van der Waals surface area contributed by atoms with E-state index in [2.05, 4.69) is 37.4 Å². The molecule has 0 aliphatic heterocycles. The molecular formula is C27H43NO5. The molecule has 0 spiro atoms. The highest BCUT2D eigenvalue weighted by molar-refractivity contribution is 5.74. The molecule has 0 aliphatic carbocycles. The Morgan fingerprint density at radius 2 is 1.42 bits per heavy atom. The summed E-state index contributed by atoms with van der Waals surface area (Å²) in [6.45, 7) is 8.33. The van der Waals surface area contributed by atoms with Gasteiger partial charge >= 0.3 is 11.9 Å². The van der Waals surface area contributed by atoms with E-state index in [0.29, 0.717) is 12.8 Å². The number of benzene rings is 1. The van der Waals surface area contributed by atoms with Gasteiger partial charge in [0.05, 0.1) is 0 Å². The summed E-state index contributed by atoms with van der Waals surface area (Å²) in [5.74, 6) is -1.15. The zero-order chi connectivity index (χ0) is 24.7. The van der Waals surface area contributed by atoms with Gasteiger partial charge in [0.2, 0.25) is 5.91 Å². The van der Waals surface area contributed by atoms with Gasteiger partial charge in [-0.3, -0.25) is 14.4 Å². The Morgan fingerprint density at radius 3 is 1.97 bits per heavy atom. The van der Waals surface area contributed by atoms with Crippen LogP contribution in [0.3, 0.4) is 0 Å². The van der Waals surface area contributed by atoms with E-state index < -0.39 is 17.5 Å². The molecule has 6 nitrogen and oxygen atoms in total. The Labute approximate surface area is 199 Å². The van der Waals surface area contributed by atoms with Crippen LogP contribution in [0.5, 0.6) is 0 Å². The molecule has 0 aliphatic rings. The minimum absolute atomic E-state index is 0.0488. The van der Waals surface area contributed by atoms with Crippen LogP contribution in [0.2, 0.25) is 0 Å². The van der Waals surface area contributed by atoms with Crippen molar-refractivity contribution in [2.75, 3.05) is 13.2 Å². The van der Waals surface area contributed by atoms with Crippen molar-refractivity contribution in [3.63, 3.8) is 0 Å². The van der Waals surface area contributed by atoms with Gasteiger partial charge in [-0.1, -0.05) is 64.2 Å². The normalized spacial score (nSPS) is 11.2. The summed E-state index contributed by atoms with van der Waals surface area (Å²) in [6.07, 6.45) is 10.9. The molecule has 1 amide bonds. The average Bonchev–Trinajstić information content (AvgIpc) is 2.77. The number of hydrogen-bond donors (Lipinski definition) is 1. The van der Waals surface area contributed by atoms with Crippen LogP contribution in [-0.4, -0.2) is 36.6 Å². The van der Waals surface area contributed by atoms with Crippen LogP contribution in [0.15, 0.2) is 18.2 Å². The molecular weight excluding hydrogens is 418 g/mol. The van der Waals surface area contributed by atoms with Gasteiger partial charge in [-0.25, -0.2) is 0 Å². The van der Waals surface area contributed by atoms with Gasteiger partial charge in [0.15, 0.2) is 0 Å². The van der Waals surface area contributed by atoms with Gasteiger partial charge < -0.3 is 14.8 Å². The Hall–Kier alpha value is -2.37. The van der Waals surface area contributed by atoms with E-state index in [0.717, 1.165) is 12.8 Å². The largest absolute Gasteiger partial charge is 0.463 e. The van der Waals surface area contributed by atoms with E-state index >= 15 is 0 Å². The number of ether oxygens (including phenoxy) is 2. The smallest absolute Gasteiger partial charge is 0.302 e. The predicted octanol–water partition coefficient (Wildman–Crippen LogP) is 5.09. The summed E-state index contributed by atoms with van der Waals surface area (Å²) >= 11 is 0. The number of rotatable bonds is 16. The third-order valence-corrected chi connectivity index (χ3v) is 5.89. The van der Waals surface area contributed by atoms with E-state index in [4.69, 9.17) is 9.47 Å². The topological polar surface area (TPSA) is 81.7 Å². The van der Waals surface area contributed by atoms with E-state index in [1.165, 1.54) is 76.0 Å². The van der Waals surface area contributed by atoms with Crippen molar-refractivity contribution >= 4 is 17.8 Å². The first kappa shape index (κ1) is 28.7. The van der Waals surface area contributed by atoms with E-state index in [9.17, 15) is 14.4 Å². The van der Waals surface area contributed by atoms with Crippen LogP contribution in [-0.2, 0) is 43.1 Å². The maximum absolute atomic E-state index is 11.9. The van der Waals surface area contributed by atoms with Crippen LogP contribution < -0.4 is 5.32 Å². The van der Waals surface area contributed by atoms with Crippen LogP contribution in [0.1, 0.15) is 96.3 Å². The van der Waals surface area contributed by atoms with Gasteiger partial charge in [0.1, 0.15) is 18.8 Å². The number of nitrogens with one attached hydrogen (secondary N) is 1. The van der Waals surface area contributed by atoms with Crippen LogP contribution in [0, 0.1) is 0 Å². The van der Waals surface area contributed by atoms with E-state index in [1.807, 2.05) is 0 Å². The molecule has 0 atom stereocenters. The first-order valence-corrected chi connectivity index (χ1v) is 12.4. The molecule has 0 heterocycles. The molecule has 0 unspecified atom stereocenters. The lowest BCUT2D eigenvalue weighted by molar-refractivity contribution is -0.150. The third-order valence-electron chi connectivity index (χ3n) is 5.89. The second-order valence-electron chi connectivity index (χ2n) is 9.00. The molecule has 0 fully saturated rings. The highest BCUT2D eigenvalue weighted by atomic mass is 16.5. The highest BCUT2D eigenvalue weighted by Gasteiger charge is 2.34. The first-order chi connectivity index (χ1) is 15.7. The number of carbonyl (C=O) groups is 3. The standard InChI is InChI=1S/C27H43NO5/c1-6-8-9-10-11-12-13-24-14-15-26(25(7-2)18-24)16-17-27(28-21(3)29,19-32-22(4)30)20-33-23(5)31/h14-15,18H,6-13,16-17,19-20H2,1-5H3,(H,28,29). The summed E-state index contributed by atoms with van der Waals surface area (Å²) in [5.41, 5.74) is 2.88. The molecule has 0 bridgehead atoms. The molecule has 33 heavy (non-hydrogen) atoms. The van der Waals surface area contributed by atoms with Crippen molar-refractivity contribution in [3.8, 4) is 0 Å². The van der Waals surface area contributed by atoms with Gasteiger partial charge in [0.25, 0.3) is 0 Å². The summed E-state index contributed by atoms with van der Waals surface area (Å²) < 4.78 is 10.5. The fraction of sp³-hybridized carbons (Fsp3) is 0.667. The molecule has 186 valence electrons. The number of aryl methyl sites for hydroxylation is 3. The van der Waals surface area contributed by atoms with Crippen LogP contribution in [0.4, 0.5) is 0 Å². The number of unbranched alkanes of at least 4 members (excludes halogenated alkanes) is 5. The average molecular weight is 462 g/mol. The number of esters is 2. The van der Waals surface area contributed by atoms with Crippen molar-refractivity contribution < 1.29 is 23.9 Å². The van der Waals surface area contributed by atoms with Gasteiger partial charge in [-0.15, -0.1) is 0 Å².